The summed E-state index contributed by atoms with van der Waals surface area (Å²) >= 11 is 0. The third-order valence-corrected chi connectivity index (χ3v) is 4.72. The van der Waals surface area contributed by atoms with Crippen LogP contribution >= 0.6 is 0 Å². The van der Waals surface area contributed by atoms with Gasteiger partial charge in [0.25, 0.3) is 0 Å². The number of nitrogens with zero attached hydrogens (tertiary/aromatic N) is 2. The molecule has 0 radical (unpaired) electrons. The first-order chi connectivity index (χ1) is 12.3. The Bertz CT molecular complexity index is 744. The van der Waals surface area contributed by atoms with Gasteiger partial charge in [-0.25, -0.2) is 9.97 Å². The molecular weight excluding hydrogens is 318 g/mol. The van der Waals surface area contributed by atoms with Crippen molar-refractivity contribution < 1.29 is 9.47 Å². The number of nitrogens with one attached hydrogen (secondary N) is 2. The second-order valence-electron chi connectivity index (χ2n) is 6.51. The summed E-state index contributed by atoms with van der Waals surface area (Å²) < 4.78 is 10.7. The van der Waals surface area contributed by atoms with Gasteiger partial charge in [-0.3, -0.25) is 0 Å². The summed E-state index contributed by atoms with van der Waals surface area (Å²) in [5, 5.41) is 6.74. The van der Waals surface area contributed by atoms with Crippen molar-refractivity contribution in [1.82, 2.24) is 9.97 Å². The molecule has 1 aliphatic heterocycles. The van der Waals surface area contributed by atoms with Crippen molar-refractivity contribution in [2.24, 2.45) is 0 Å². The number of hydrogen-bond donors (Lipinski definition) is 3. The maximum atomic E-state index is 6.29. The van der Waals surface area contributed by atoms with E-state index in [9.17, 15) is 0 Å². The van der Waals surface area contributed by atoms with Crippen molar-refractivity contribution >= 4 is 23.0 Å². The van der Waals surface area contributed by atoms with Crippen LogP contribution in [-0.4, -0.2) is 22.8 Å². The molecule has 1 aliphatic carbocycles. The molecule has 1 fully saturated rings. The highest BCUT2D eigenvalue weighted by molar-refractivity contribution is 5.78. The molecule has 0 spiro atoms. The lowest BCUT2D eigenvalue weighted by Crippen LogP contribution is -2.20. The van der Waals surface area contributed by atoms with E-state index in [1.165, 1.54) is 32.0 Å². The SMILES string of the molecule is Nc1c(Nc2ccc3c(c2)OCO3)ncnc1NC1CCCCCC1. The quantitative estimate of drug-likeness (QED) is 0.730. The number of anilines is 4. The molecule has 1 saturated carbocycles. The van der Waals surface area contributed by atoms with Crippen molar-refractivity contribution in [1.29, 1.82) is 0 Å². The Kier molecular flexibility index (Phi) is 4.45. The zero-order valence-corrected chi connectivity index (χ0v) is 14.1. The summed E-state index contributed by atoms with van der Waals surface area (Å²) in [6.45, 7) is 0.254. The molecule has 0 bridgehead atoms. The Balaban J connectivity index is 1.50. The highest BCUT2D eigenvalue weighted by Crippen LogP contribution is 2.36. The molecule has 132 valence electrons. The minimum Gasteiger partial charge on any atom is -0.454 e. The predicted molar refractivity (Wildman–Crippen MR) is 97.4 cm³/mol. The lowest BCUT2D eigenvalue weighted by Gasteiger charge is -2.19. The van der Waals surface area contributed by atoms with Gasteiger partial charge in [0.05, 0.1) is 0 Å². The largest absolute Gasteiger partial charge is 0.454 e. The molecule has 1 aromatic heterocycles. The Morgan fingerprint density at radius 2 is 1.72 bits per heavy atom. The molecule has 2 heterocycles. The molecule has 4 rings (SSSR count). The Morgan fingerprint density at radius 3 is 2.56 bits per heavy atom. The van der Waals surface area contributed by atoms with Gasteiger partial charge in [-0.1, -0.05) is 25.7 Å². The van der Waals surface area contributed by atoms with Crippen molar-refractivity contribution in [2.45, 2.75) is 44.6 Å². The zero-order valence-electron chi connectivity index (χ0n) is 14.1. The number of nitrogens with two attached hydrogens (primary N) is 1. The number of nitrogen functional groups attached to an aromatic ring is 1. The highest BCUT2D eigenvalue weighted by atomic mass is 16.7. The Morgan fingerprint density at radius 1 is 0.960 bits per heavy atom. The van der Waals surface area contributed by atoms with Gasteiger partial charge in [0, 0.05) is 17.8 Å². The van der Waals surface area contributed by atoms with Crippen LogP contribution in [0.1, 0.15) is 38.5 Å². The fraction of sp³-hybridized carbons (Fsp3) is 0.444. The van der Waals surface area contributed by atoms with Crippen LogP contribution in [0, 0.1) is 0 Å². The predicted octanol–water partition coefficient (Wildman–Crippen LogP) is 3.67. The van der Waals surface area contributed by atoms with E-state index >= 15 is 0 Å². The molecule has 1 aromatic carbocycles. The standard InChI is InChI=1S/C18H23N5O2/c19-16-17(22-12-5-3-1-2-4-6-12)20-10-21-18(16)23-13-7-8-14-15(9-13)25-11-24-14/h7-10,12H,1-6,11,19H2,(H2,20,21,22,23). The van der Waals surface area contributed by atoms with Crippen LogP contribution in [0.2, 0.25) is 0 Å². The molecule has 7 heteroatoms. The third kappa shape index (κ3) is 3.55. The average molecular weight is 341 g/mol. The Hall–Kier alpha value is -2.70. The van der Waals surface area contributed by atoms with Crippen molar-refractivity contribution in [3.8, 4) is 11.5 Å². The first kappa shape index (κ1) is 15.8. The molecule has 0 saturated heterocycles. The maximum absolute atomic E-state index is 6.29. The topological polar surface area (TPSA) is 94.3 Å². The molecule has 4 N–H and O–H groups in total. The second kappa shape index (κ2) is 7.04. The van der Waals surface area contributed by atoms with Crippen molar-refractivity contribution in [3.63, 3.8) is 0 Å². The Labute approximate surface area is 147 Å². The highest BCUT2D eigenvalue weighted by Gasteiger charge is 2.17. The molecule has 2 aromatic rings. The molecular formula is C18H23N5O2. The molecule has 25 heavy (non-hydrogen) atoms. The van der Waals surface area contributed by atoms with E-state index < -0.39 is 0 Å². The third-order valence-electron chi connectivity index (χ3n) is 4.72. The average Bonchev–Trinajstić information content (AvgIpc) is 2.93. The summed E-state index contributed by atoms with van der Waals surface area (Å²) in [6.07, 6.45) is 8.99. The van der Waals surface area contributed by atoms with E-state index in [0.717, 1.165) is 30.0 Å². The van der Waals surface area contributed by atoms with Crippen LogP contribution in [0.15, 0.2) is 24.5 Å². The van der Waals surface area contributed by atoms with E-state index in [-0.39, 0.29) is 6.79 Å². The molecule has 0 amide bonds. The molecule has 0 atom stereocenters. The van der Waals surface area contributed by atoms with E-state index in [1.54, 1.807) is 0 Å². The van der Waals surface area contributed by atoms with Crippen LogP contribution in [0.25, 0.3) is 0 Å². The number of rotatable bonds is 4. The van der Waals surface area contributed by atoms with E-state index in [4.69, 9.17) is 15.2 Å². The van der Waals surface area contributed by atoms with Gasteiger partial charge in [-0.15, -0.1) is 0 Å². The van der Waals surface area contributed by atoms with Crippen LogP contribution in [-0.2, 0) is 0 Å². The summed E-state index contributed by atoms with van der Waals surface area (Å²) in [5.41, 5.74) is 7.67. The van der Waals surface area contributed by atoms with Crippen molar-refractivity contribution in [3.05, 3.63) is 24.5 Å². The normalized spacial score (nSPS) is 17.1. The zero-order chi connectivity index (χ0) is 17.1. The van der Waals surface area contributed by atoms with E-state index in [2.05, 4.69) is 20.6 Å². The molecule has 0 unspecified atom stereocenters. The number of benzene rings is 1. The lowest BCUT2D eigenvalue weighted by molar-refractivity contribution is 0.174. The summed E-state index contributed by atoms with van der Waals surface area (Å²) in [7, 11) is 0. The fourth-order valence-electron chi connectivity index (χ4n) is 3.34. The fourth-order valence-corrected chi connectivity index (χ4v) is 3.34. The van der Waals surface area contributed by atoms with Gasteiger partial charge in [0.15, 0.2) is 23.1 Å². The van der Waals surface area contributed by atoms with E-state index in [0.29, 0.717) is 23.4 Å². The molecule has 2 aliphatic rings. The lowest BCUT2D eigenvalue weighted by atomic mass is 10.1. The monoisotopic (exact) mass is 341 g/mol. The number of hydrogen-bond acceptors (Lipinski definition) is 7. The van der Waals surface area contributed by atoms with Crippen molar-refractivity contribution in [2.75, 3.05) is 23.2 Å². The summed E-state index contributed by atoms with van der Waals surface area (Å²) in [4.78, 5) is 8.61. The smallest absolute Gasteiger partial charge is 0.231 e. The number of aromatic nitrogens is 2. The minimum atomic E-state index is 0.254. The number of fused-ring (bicyclic) bond motifs is 1. The van der Waals surface area contributed by atoms with Gasteiger partial charge < -0.3 is 25.8 Å². The van der Waals surface area contributed by atoms with Crippen LogP contribution in [0.3, 0.4) is 0 Å². The summed E-state index contributed by atoms with van der Waals surface area (Å²) in [6, 6.07) is 6.08. The second-order valence-corrected chi connectivity index (χ2v) is 6.51. The van der Waals surface area contributed by atoms with Crippen LogP contribution < -0.4 is 25.8 Å². The minimum absolute atomic E-state index is 0.254. The van der Waals surface area contributed by atoms with Gasteiger partial charge in [-0.05, 0) is 25.0 Å². The first-order valence-electron chi connectivity index (χ1n) is 8.83. The maximum Gasteiger partial charge on any atom is 0.231 e. The summed E-state index contributed by atoms with van der Waals surface area (Å²) in [5.74, 6) is 2.75. The van der Waals surface area contributed by atoms with Gasteiger partial charge in [0.2, 0.25) is 6.79 Å². The van der Waals surface area contributed by atoms with Gasteiger partial charge in [0.1, 0.15) is 12.0 Å². The van der Waals surface area contributed by atoms with Gasteiger partial charge in [-0.2, -0.15) is 0 Å². The van der Waals surface area contributed by atoms with Crippen LogP contribution in [0.5, 0.6) is 11.5 Å². The number of ether oxygens (including phenoxy) is 2. The first-order valence-corrected chi connectivity index (χ1v) is 8.83. The van der Waals surface area contributed by atoms with Gasteiger partial charge >= 0.3 is 0 Å². The van der Waals surface area contributed by atoms with Crippen LogP contribution in [0.4, 0.5) is 23.0 Å². The molecule has 7 nitrogen and oxygen atoms in total. The van der Waals surface area contributed by atoms with E-state index in [1.807, 2.05) is 18.2 Å².